The van der Waals surface area contributed by atoms with Crippen molar-refractivity contribution in [3.63, 3.8) is 0 Å². The van der Waals surface area contributed by atoms with Gasteiger partial charge in [-0.2, -0.15) is 0 Å². The number of aliphatic carboxylic acids is 1. The van der Waals surface area contributed by atoms with E-state index in [1.807, 2.05) is 37.3 Å². The van der Waals surface area contributed by atoms with Crippen LogP contribution in [0.3, 0.4) is 0 Å². The number of aliphatic hydroxyl groups is 1. The molecule has 1 aromatic rings. The van der Waals surface area contributed by atoms with Crippen LogP contribution in [-0.2, 0) is 25.6 Å². The molecule has 6 atom stereocenters. The molecule has 6 unspecified atom stereocenters. The van der Waals surface area contributed by atoms with Gasteiger partial charge in [-0.05, 0) is 50.6 Å². The zero-order chi connectivity index (χ0) is 27.3. The van der Waals surface area contributed by atoms with E-state index in [4.69, 9.17) is 11.5 Å². The number of nitrogens with two attached hydrogens (primary N) is 2. The Morgan fingerprint density at radius 1 is 0.917 bits per heavy atom. The fourth-order valence-electron chi connectivity index (χ4n) is 3.59. The number of rotatable bonds is 16. The van der Waals surface area contributed by atoms with Crippen molar-refractivity contribution in [1.29, 1.82) is 0 Å². The van der Waals surface area contributed by atoms with E-state index < -0.39 is 54.0 Å². The van der Waals surface area contributed by atoms with E-state index in [2.05, 4.69) is 16.0 Å². The first kappa shape index (κ1) is 31.0. The molecule has 0 saturated heterocycles. The molecule has 1 rings (SSSR count). The Kier molecular flexibility index (Phi) is 13.7. The van der Waals surface area contributed by atoms with Crippen molar-refractivity contribution in [2.75, 3.05) is 6.54 Å². The number of hydrogen-bond acceptors (Lipinski definition) is 7. The van der Waals surface area contributed by atoms with Gasteiger partial charge in [0, 0.05) is 0 Å². The van der Waals surface area contributed by atoms with Crippen LogP contribution in [0.25, 0.3) is 0 Å². The number of carboxylic acid groups (broad SMARTS) is 1. The molecule has 9 N–H and O–H groups in total. The number of carboxylic acids is 1. The number of amides is 3. The fraction of sp³-hybridized carbons (Fsp3) is 0.600. The van der Waals surface area contributed by atoms with E-state index in [1.165, 1.54) is 6.92 Å². The molecule has 0 aliphatic rings. The largest absolute Gasteiger partial charge is 0.480 e. The van der Waals surface area contributed by atoms with Crippen LogP contribution in [0, 0.1) is 5.92 Å². The minimum absolute atomic E-state index is 0.285. The second-order valence-electron chi connectivity index (χ2n) is 9.08. The predicted molar refractivity (Wildman–Crippen MR) is 136 cm³/mol. The molecule has 1 aromatic carbocycles. The van der Waals surface area contributed by atoms with Crippen molar-refractivity contribution >= 4 is 23.7 Å². The summed E-state index contributed by atoms with van der Waals surface area (Å²) in [6.07, 6.45) is 0.946. The minimum Gasteiger partial charge on any atom is -0.480 e. The quantitative estimate of drug-likeness (QED) is 0.147. The van der Waals surface area contributed by atoms with Crippen LogP contribution in [0.15, 0.2) is 30.3 Å². The summed E-state index contributed by atoms with van der Waals surface area (Å²) in [6, 6.07) is 4.80. The molecule has 0 aliphatic carbocycles. The predicted octanol–water partition coefficient (Wildman–Crippen LogP) is -0.349. The molecular weight excluding hydrogens is 466 g/mol. The second-order valence-corrected chi connectivity index (χ2v) is 9.08. The summed E-state index contributed by atoms with van der Waals surface area (Å²) in [5.41, 5.74) is 12.5. The van der Waals surface area contributed by atoms with Crippen LogP contribution < -0.4 is 27.4 Å². The first-order valence-electron chi connectivity index (χ1n) is 12.3. The van der Waals surface area contributed by atoms with Gasteiger partial charge in [0.25, 0.3) is 0 Å². The van der Waals surface area contributed by atoms with Crippen LogP contribution in [0.2, 0.25) is 0 Å². The summed E-state index contributed by atoms with van der Waals surface area (Å²) in [6.45, 7) is 5.23. The highest BCUT2D eigenvalue weighted by atomic mass is 16.4. The third kappa shape index (κ3) is 10.3. The molecule has 0 spiro atoms. The molecule has 0 aromatic heterocycles. The smallest absolute Gasteiger partial charge is 0.328 e. The average Bonchev–Trinajstić information content (AvgIpc) is 2.84. The highest BCUT2D eigenvalue weighted by Crippen LogP contribution is 2.11. The van der Waals surface area contributed by atoms with Gasteiger partial charge in [-0.15, -0.1) is 0 Å². The van der Waals surface area contributed by atoms with Crippen LogP contribution in [0.4, 0.5) is 0 Å². The summed E-state index contributed by atoms with van der Waals surface area (Å²) in [7, 11) is 0. The Morgan fingerprint density at radius 3 is 2.06 bits per heavy atom. The number of nitrogens with one attached hydrogen (secondary N) is 3. The van der Waals surface area contributed by atoms with Gasteiger partial charge in [0.15, 0.2) is 6.04 Å². The van der Waals surface area contributed by atoms with Gasteiger partial charge in [-0.3, -0.25) is 14.4 Å². The van der Waals surface area contributed by atoms with Crippen LogP contribution >= 0.6 is 0 Å². The van der Waals surface area contributed by atoms with Crippen LogP contribution in [0.5, 0.6) is 0 Å². The Morgan fingerprint density at radius 2 is 1.53 bits per heavy atom. The van der Waals surface area contributed by atoms with Crippen molar-refractivity contribution < 1.29 is 29.4 Å². The summed E-state index contributed by atoms with van der Waals surface area (Å²) in [4.78, 5) is 50.3. The molecular formula is C25H41N5O6. The zero-order valence-electron chi connectivity index (χ0n) is 21.3. The lowest BCUT2D eigenvalue weighted by Gasteiger charge is -2.28. The standard InChI is InChI=1S/C25H41N5O6/c1-4-15(2)20(24(34)30-21(16(3)31)25(35)36)29-23(33)19(12-8-9-13-26)28-22(32)18(27)14-17-10-6-5-7-11-17/h5-7,10-11,15-16,18-21,31H,4,8-9,12-14,26-27H2,1-3H3,(H,28,32)(H,29,33)(H,30,34)(H,35,36). The maximum absolute atomic E-state index is 13.2. The van der Waals surface area contributed by atoms with Crippen molar-refractivity contribution in [1.82, 2.24) is 16.0 Å². The molecule has 3 amide bonds. The Labute approximate surface area is 212 Å². The molecule has 202 valence electrons. The van der Waals surface area contributed by atoms with Crippen LogP contribution in [0.1, 0.15) is 52.0 Å². The van der Waals surface area contributed by atoms with Crippen molar-refractivity contribution in [3.05, 3.63) is 35.9 Å². The fourth-order valence-corrected chi connectivity index (χ4v) is 3.59. The molecule has 11 nitrogen and oxygen atoms in total. The van der Waals surface area contributed by atoms with Gasteiger partial charge >= 0.3 is 5.97 Å². The third-order valence-electron chi connectivity index (χ3n) is 6.05. The number of carbonyl (C=O) groups excluding carboxylic acids is 3. The van der Waals surface area contributed by atoms with E-state index in [1.54, 1.807) is 6.92 Å². The Hall–Kier alpha value is -3.02. The highest BCUT2D eigenvalue weighted by Gasteiger charge is 2.33. The molecule has 0 saturated carbocycles. The lowest BCUT2D eigenvalue weighted by Crippen LogP contribution is -2.59. The molecule has 0 aliphatic heterocycles. The maximum Gasteiger partial charge on any atom is 0.328 e. The normalized spacial score (nSPS) is 16.1. The number of unbranched alkanes of at least 4 members (excludes halogenated alkanes) is 1. The number of benzene rings is 1. The minimum atomic E-state index is -1.53. The molecule has 11 heteroatoms. The first-order chi connectivity index (χ1) is 17.0. The molecule has 0 bridgehead atoms. The van der Waals surface area contributed by atoms with Crippen molar-refractivity contribution in [3.8, 4) is 0 Å². The number of aliphatic hydroxyl groups excluding tert-OH is 1. The maximum atomic E-state index is 13.2. The van der Waals surface area contributed by atoms with Crippen LogP contribution in [-0.4, -0.2) is 70.7 Å². The Balaban J connectivity index is 2.99. The Bertz CT molecular complexity index is 851. The third-order valence-corrected chi connectivity index (χ3v) is 6.05. The van der Waals surface area contributed by atoms with Gasteiger partial charge in [0.1, 0.15) is 12.1 Å². The monoisotopic (exact) mass is 507 g/mol. The number of carbonyl (C=O) groups is 4. The van der Waals surface area contributed by atoms with E-state index in [9.17, 15) is 29.4 Å². The summed E-state index contributed by atoms with van der Waals surface area (Å²) >= 11 is 0. The average molecular weight is 508 g/mol. The van der Waals surface area contributed by atoms with Gasteiger partial charge in [-0.1, -0.05) is 50.6 Å². The topological polar surface area (TPSA) is 197 Å². The van der Waals surface area contributed by atoms with Gasteiger partial charge in [0.2, 0.25) is 17.7 Å². The van der Waals surface area contributed by atoms with E-state index in [0.717, 1.165) is 5.56 Å². The highest BCUT2D eigenvalue weighted by molar-refractivity contribution is 5.94. The van der Waals surface area contributed by atoms with Crippen molar-refractivity contribution in [2.24, 2.45) is 17.4 Å². The van der Waals surface area contributed by atoms with E-state index in [-0.39, 0.29) is 18.8 Å². The summed E-state index contributed by atoms with van der Waals surface area (Å²) < 4.78 is 0. The van der Waals surface area contributed by atoms with E-state index in [0.29, 0.717) is 25.8 Å². The number of hydrogen-bond donors (Lipinski definition) is 7. The van der Waals surface area contributed by atoms with Gasteiger partial charge in [-0.25, -0.2) is 4.79 Å². The summed E-state index contributed by atoms with van der Waals surface area (Å²) in [5.74, 6) is -3.57. The molecule has 36 heavy (non-hydrogen) atoms. The van der Waals surface area contributed by atoms with Gasteiger partial charge in [0.05, 0.1) is 12.1 Å². The van der Waals surface area contributed by atoms with Gasteiger partial charge < -0.3 is 37.6 Å². The zero-order valence-corrected chi connectivity index (χ0v) is 21.3. The lowest BCUT2D eigenvalue weighted by molar-refractivity contribution is -0.145. The molecule has 0 radical (unpaired) electrons. The van der Waals surface area contributed by atoms with E-state index >= 15 is 0 Å². The summed E-state index contributed by atoms with van der Waals surface area (Å²) in [5, 5.41) is 26.6. The molecule has 0 heterocycles. The second kappa shape index (κ2) is 15.9. The molecule has 0 fully saturated rings. The SMILES string of the molecule is CCC(C)C(NC(=O)C(CCCCN)NC(=O)C(N)Cc1ccccc1)C(=O)NC(C(=O)O)C(C)O. The lowest BCUT2D eigenvalue weighted by atomic mass is 9.96. The van der Waals surface area contributed by atoms with Crippen molar-refractivity contribution in [2.45, 2.75) is 83.1 Å². The first-order valence-corrected chi connectivity index (χ1v) is 12.3.